The van der Waals surface area contributed by atoms with Crippen molar-refractivity contribution in [2.24, 2.45) is 0 Å². The van der Waals surface area contributed by atoms with Gasteiger partial charge in [0.05, 0.1) is 0 Å². The summed E-state index contributed by atoms with van der Waals surface area (Å²) < 4.78 is 5.28. The number of anilines is 1. The van der Waals surface area contributed by atoms with Crippen molar-refractivity contribution >= 4 is 23.2 Å². The minimum atomic E-state index is -0.598. The van der Waals surface area contributed by atoms with Crippen LogP contribution in [0.25, 0.3) is 11.2 Å². The molecule has 3 rings (SSSR count). The number of nitrogens with one attached hydrogen (secondary N) is 4. The summed E-state index contributed by atoms with van der Waals surface area (Å²) in [4.78, 5) is 48.9. The fraction of sp³-hybridized carbons (Fsp3) is 0.600. The molecule has 0 radical (unpaired) electrons. The summed E-state index contributed by atoms with van der Waals surface area (Å²) in [5.74, 6) is 0.484. The Balaban J connectivity index is 1.73. The van der Waals surface area contributed by atoms with Crippen molar-refractivity contribution < 1.29 is 9.53 Å². The summed E-state index contributed by atoms with van der Waals surface area (Å²) in [5.41, 5.74) is -1.23. The molecule has 1 aliphatic rings. The summed E-state index contributed by atoms with van der Waals surface area (Å²) >= 11 is 0. The third-order valence-corrected chi connectivity index (χ3v) is 3.82. The van der Waals surface area contributed by atoms with E-state index in [1.54, 1.807) is 0 Å². The van der Waals surface area contributed by atoms with Gasteiger partial charge >= 0.3 is 11.8 Å². The molecule has 0 aromatic carbocycles. The van der Waals surface area contributed by atoms with Crippen molar-refractivity contribution in [3.63, 3.8) is 0 Å². The molecule has 10 nitrogen and oxygen atoms in total. The first-order chi connectivity index (χ1) is 11.7. The van der Waals surface area contributed by atoms with E-state index in [1.165, 1.54) is 0 Å². The van der Waals surface area contributed by atoms with Gasteiger partial charge in [-0.05, 0) is 33.6 Å². The fourth-order valence-electron chi connectivity index (χ4n) is 2.83. The standard InChI is InChI=1S/C15H22N6O4/c1-15(2,3)25-14(24)16-8-5-4-6-21(7-8)12-17-9-10(18-12)19-13(23)20-11(9)22/h8H,4-7H2,1-3H3,(H,16,24)(H3,17,18,19,20,22,23)/t8-/m1/s1. The molecule has 0 saturated carbocycles. The van der Waals surface area contributed by atoms with Crippen LogP contribution in [0, 0.1) is 0 Å². The number of hydrogen-bond donors (Lipinski definition) is 4. The van der Waals surface area contributed by atoms with Crippen LogP contribution in [0.2, 0.25) is 0 Å². The first-order valence-electron chi connectivity index (χ1n) is 8.18. The fourth-order valence-corrected chi connectivity index (χ4v) is 2.83. The minimum Gasteiger partial charge on any atom is -0.444 e. The lowest BCUT2D eigenvalue weighted by Crippen LogP contribution is -2.49. The Hall–Kier alpha value is -2.78. The highest BCUT2D eigenvalue weighted by Gasteiger charge is 2.26. The number of aromatic nitrogens is 4. The summed E-state index contributed by atoms with van der Waals surface area (Å²) in [5, 5.41) is 2.86. The zero-order valence-corrected chi connectivity index (χ0v) is 14.4. The average molecular weight is 350 g/mol. The van der Waals surface area contributed by atoms with Gasteiger partial charge in [-0.25, -0.2) is 9.59 Å². The molecule has 1 aliphatic heterocycles. The van der Waals surface area contributed by atoms with Gasteiger partial charge in [-0.3, -0.25) is 14.8 Å². The number of ether oxygens (including phenoxy) is 1. The van der Waals surface area contributed by atoms with Gasteiger partial charge in [0.2, 0.25) is 5.95 Å². The lowest BCUT2D eigenvalue weighted by molar-refractivity contribution is 0.0500. The maximum Gasteiger partial charge on any atom is 0.407 e. The number of amides is 1. The number of hydrogen-bond acceptors (Lipinski definition) is 6. The second kappa shape index (κ2) is 6.26. The molecule has 0 spiro atoms. The summed E-state index contributed by atoms with van der Waals surface area (Å²) in [7, 11) is 0. The highest BCUT2D eigenvalue weighted by Crippen LogP contribution is 2.18. The van der Waals surface area contributed by atoms with Crippen LogP contribution in [0.4, 0.5) is 10.7 Å². The minimum absolute atomic E-state index is 0.0888. The number of fused-ring (bicyclic) bond motifs is 1. The van der Waals surface area contributed by atoms with Crippen molar-refractivity contribution in [2.45, 2.75) is 45.3 Å². The number of rotatable bonds is 2. The average Bonchev–Trinajstić information content (AvgIpc) is 2.89. The molecule has 1 fully saturated rings. The van der Waals surface area contributed by atoms with E-state index in [9.17, 15) is 14.4 Å². The molecule has 0 aliphatic carbocycles. The molecular formula is C15H22N6O4. The zero-order chi connectivity index (χ0) is 18.2. The second-order valence-electron chi connectivity index (χ2n) is 7.12. The molecule has 0 unspecified atom stereocenters. The molecule has 3 heterocycles. The van der Waals surface area contributed by atoms with Gasteiger partial charge in [-0.2, -0.15) is 4.98 Å². The topological polar surface area (TPSA) is 136 Å². The van der Waals surface area contributed by atoms with Crippen LogP contribution in [0.15, 0.2) is 9.59 Å². The Morgan fingerprint density at radius 3 is 2.76 bits per heavy atom. The monoisotopic (exact) mass is 350 g/mol. The molecule has 25 heavy (non-hydrogen) atoms. The van der Waals surface area contributed by atoms with Gasteiger partial charge in [0.25, 0.3) is 5.56 Å². The first-order valence-corrected chi connectivity index (χ1v) is 8.18. The number of carbonyl (C=O) groups excluding carboxylic acids is 1. The van der Waals surface area contributed by atoms with Crippen LogP contribution in [0.5, 0.6) is 0 Å². The number of piperidine rings is 1. The number of alkyl carbamates (subject to hydrolysis) is 1. The molecule has 4 N–H and O–H groups in total. The third-order valence-electron chi connectivity index (χ3n) is 3.82. The lowest BCUT2D eigenvalue weighted by Gasteiger charge is -2.33. The molecule has 2 aromatic rings. The molecule has 2 aromatic heterocycles. The highest BCUT2D eigenvalue weighted by atomic mass is 16.6. The van der Waals surface area contributed by atoms with Gasteiger partial charge in [-0.15, -0.1) is 0 Å². The molecule has 1 saturated heterocycles. The van der Waals surface area contributed by atoms with Crippen LogP contribution in [0.3, 0.4) is 0 Å². The van der Waals surface area contributed by atoms with E-state index >= 15 is 0 Å². The smallest absolute Gasteiger partial charge is 0.407 e. The van der Waals surface area contributed by atoms with Crippen molar-refractivity contribution in [2.75, 3.05) is 18.0 Å². The zero-order valence-electron chi connectivity index (χ0n) is 14.4. The number of nitrogens with zero attached hydrogens (tertiary/aromatic N) is 2. The molecule has 0 bridgehead atoms. The Kier molecular flexibility index (Phi) is 4.27. The van der Waals surface area contributed by atoms with Gasteiger partial charge < -0.3 is 19.9 Å². The number of carbonyl (C=O) groups is 1. The second-order valence-corrected chi connectivity index (χ2v) is 7.12. The number of imidazole rings is 1. The normalized spacial score (nSPS) is 18.4. The maximum atomic E-state index is 11.9. The van der Waals surface area contributed by atoms with E-state index in [0.717, 1.165) is 19.4 Å². The van der Waals surface area contributed by atoms with Crippen molar-refractivity contribution in [1.82, 2.24) is 25.3 Å². The molecular weight excluding hydrogens is 328 g/mol. The van der Waals surface area contributed by atoms with Crippen molar-refractivity contribution in [3.05, 3.63) is 20.8 Å². The SMILES string of the molecule is CC(C)(C)OC(=O)N[C@@H]1CCCN(c2nc3[nH]c(=O)[nH]c(=O)c3[nH]2)C1. The maximum absolute atomic E-state index is 11.9. The summed E-state index contributed by atoms with van der Waals surface area (Å²) in [6.45, 7) is 6.70. The predicted molar refractivity (Wildman–Crippen MR) is 91.9 cm³/mol. The van der Waals surface area contributed by atoms with Gasteiger partial charge in [-0.1, -0.05) is 0 Å². The van der Waals surface area contributed by atoms with E-state index in [2.05, 4.69) is 25.3 Å². The predicted octanol–water partition coefficient (Wildman–Crippen LogP) is 0.433. The summed E-state index contributed by atoms with van der Waals surface area (Å²) in [6, 6.07) is -0.0888. The van der Waals surface area contributed by atoms with E-state index in [4.69, 9.17) is 4.74 Å². The van der Waals surface area contributed by atoms with Crippen LogP contribution in [-0.4, -0.2) is 50.8 Å². The van der Waals surface area contributed by atoms with Gasteiger partial charge in [0, 0.05) is 19.1 Å². The Bertz CT molecular complexity index is 890. The number of H-pyrrole nitrogens is 3. The quantitative estimate of drug-likeness (QED) is 0.620. The Morgan fingerprint density at radius 2 is 2.04 bits per heavy atom. The van der Waals surface area contributed by atoms with Crippen LogP contribution in [0.1, 0.15) is 33.6 Å². The lowest BCUT2D eigenvalue weighted by atomic mass is 10.1. The summed E-state index contributed by atoms with van der Waals surface area (Å²) in [6.07, 6.45) is 1.22. The third kappa shape index (κ3) is 4.01. The van der Waals surface area contributed by atoms with Crippen molar-refractivity contribution in [3.8, 4) is 0 Å². The van der Waals surface area contributed by atoms with E-state index in [-0.39, 0.29) is 17.2 Å². The van der Waals surface area contributed by atoms with Gasteiger partial charge in [0.15, 0.2) is 11.2 Å². The molecule has 136 valence electrons. The first kappa shape index (κ1) is 17.1. The van der Waals surface area contributed by atoms with Crippen LogP contribution in [-0.2, 0) is 4.74 Å². The Morgan fingerprint density at radius 1 is 1.28 bits per heavy atom. The molecule has 1 amide bonds. The Labute approximate surface area is 143 Å². The largest absolute Gasteiger partial charge is 0.444 e. The highest BCUT2D eigenvalue weighted by molar-refractivity contribution is 5.72. The molecule has 1 atom stereocenters. The van der Waals surface area contributed by atoms with Gasteiger partial charge in [0.1, 0.15) is 5.60 Å². The van der Waals surface area contributed by atoms with E-state index < -0.39 is 22.9 Å². The van der Waals surface area contributed by atoms with E-state index in [1.807, 2.05) is 25.7 Å². The van der Waals surface area contributed by atoms with Crippen LogP contribution < -0.4 is 21.5 Å². The van der Waals surface area contributed by atoms with Crippen LogP contribution >= 0.6 is 0 Å². The number of aromatic amines is 3. The van der Waals surface area contributed by atoms with E-state index in [0.29, 0.717) is 12.5 Å². The molecule has 10 heteroatoms. The van der Waals surface area contributed by atoms with Crippen molar-refractivity contribution in [1.29, 1.82) is 0 Å².